The van der Waals surface area contributed by atoms with Gasteiger partial charge in [0.1, 0.15) is 6.61 Å². The molecule has 0 aromatic rings. The van der Waals surface area contributed by atoms with Crippen LogP contribution >= 0.6 is 11.6 Å². The highest BCUT2D eigenvalue weighted by atomic mass is 35.5. The molecule has 0 aliphatic carbocycles. The van der Waals surface area contributed by atoms with Crippen LogP contribution in [0.5, 0.6) is 0 Å². The van der Waals surface area contributed by atoms with Crippen molar-refractivity contribution in [3.63, 3.8) is 0 Å². The van der Waals surface area contributed by atoms with Crippen LogP contribution in [-0.4, -0.2) is 36.2 Å². The minimum atomic E-state index is -0.611. The highest BCUT2D eigenvalue weighted by Crippen LogP contribution is 2.32. The quantitative estimate of drug-likeness (QED) is 0.624. The second kappa shape index (κ2) is 6.38. The van der Waals surface area contributed by atoms with Crippen LogP contribution in [0.2, 0.25) is 0 Å². The Balaban J connectivity index is 2.64. The van der Waals surface area contributed by atoms with Crippen molar-refractivity contribution in [3.05, 3.63) is 0 Å². The summed E-state index contributed by atoms with van der Waals surface area (Å²) < 4.78 is 10.6. The van der Waals surface area contributed by atoms with Gasteiger partial charge >= 0.3 is 5.97 Å². The van der Waals surface area contributed by atoms with E-state index in [-0.39, 0.29) is 42.5 Å². The van der Waals surface area contributed by atoms with Crippen molar-refractivity contribution >= 4 is 23.5 Å². The number of nitrogens with one attached hydrogen (secondary N) is 1. The Labute approximate surface area is 112 Å². The summed E-state index contributed by atoms with van der Waals surface area (Å²) in [4.78, 5) is 21.9. The summed E-state index contributed by atoms with van der Waals surface area (Å²) in [5, 5.41) is 2.79. The molecule has 1 aliphatic heterocycles. The summed E-state index contributed by atoms with van der Waals surface area (Å²) in [6.45, 7) is 7.00. The minimum absolute atomic E-state index is 0.133. The molecule has 104 valence electrons. The smallest absolute Gasteiger partial charge is 0.302 e. The number of carbonyl (C=O) groups is 2. The van der Waals surface area contributed by atoms with Gasteiger partial charge in [-0.1, -0.05) is 25.4 Å². The number of hydrogen-bond donors (Lipinski definition) is 1. The van der Waals surface area contributed by atoms with Gasteiger partial charge in [0.25, 0.3) is 0 Å². The number of ether oxygens (including phenoxy) is 2. The third kappa shape index (κ3) is 3.85. The van der Waals surface area contributed by atoms with Crippen LogP contribution in [0.3, 0.4) is 0 Å². The van der Waals surface area contributed by atoms with E-state index in [1.807, 2.05) is 13.8 Å². The molecule has 6 heteroatoms. The van der Waals surface area contributed by atoms with Crippen LogP contribution in [-0.2, 0) is 19.1 Å². The van der Waals surface area contributed by atoms with Gasteiger partial charge in [-0.05, 0) is 11.8 Å². The second-order valence-electron chi connectivity index (χ2n) is 4.77. The minimum Gasteiger partial charge on any atom is -0.463 e. The first-order valence-electron chi connectivity index (χ1n) is 6.03. The standard InChI is InChI=1S/C12H20ClNO4/c1-6-7(2)11(14-8(3)15)12(13)18-10(6)5-17-9(4)16/h6-7,10-12H,5H2,1-4H3,(H,14,15). The van der Waals surface area contributed by atoms with Crippen molar-refractivity contribution < 1.29 is 19.1 Å². The molecular weight excluding hydrogens is 258 g/mol. The third-order valence-electron chi connectivity index (χ3n) is 3.39. The first-order valence-corrected chi connectivity index (χ1v) is 6.46. The van der Waals surface area contributed by atoms with E-state index in [2.05, 4.69) is 5.32 Å². The van der Waals surface area contributed by atoms with Gasteiger partial charge in [-0.25, -0.2) is 0 Å². The maximum Gasteiger partial charge on any atom is 0.302 e. The molecular formula is C12H20ClNO4. The van der Waals surface area contributed by atoms with Gasteiger partial charge in [-0.3, -0.25) is 9.59 Å². The number of rotatable bonds is 3. The van der Waals surface area contributed by atoms with E-state index in [1.165, 1.54) is 13.8 Å². The Bertz CT molecular complexity index is 321. The molecule has 1 heterocycles. The number of halogens is 1. The molecule has 1 rings (SSSR count). The van der Waals surface area contributed by atoms with Gasteiger partial charge in [0.2, 0.25) is 5.91 Å². The molecule has 1 N–H and O–H groups in total. The molecule has 0 aromatic heterocycles. The number of esters is 1. The van der Waals surface area contributed by atoms with Crippen molar-refractivity contribution in [2.45, 2.75) is 45.4 Å². The molecule has 0 spiro atoms. The molecule has 18 heavy (non-hydrogen) atoms. The average Bonchev–Trinajstić information content (AvgIpc) is 2.27. The summed E-state index contributed by atoms with van der Waals surface area (Å²) in [7, 11) is 0. The van der Waals surface area contributed by atoms with E-state index in [9.17, 15) is 9.59 Å². The van der Waals surface area contributed by atoms with Gasteiger partial charge in [0.05, 0.1) is 12.1 Å². The SMILES string of the molecule is CC(=O)NC1C(Cl)OC(COC(C)=O)C(C)C1C. The average molecular weight is 278 g/mol. The summed E-state index contributed by atoms with van der Waals surface area (Å²) in [6, 6.07) is -0.229. The van der Waals surface area contributed by atoms with E-state index in [4.69, 9.17) is 21.1 Å². The number of amides is 1. The van der Waals surface area contributed by atoms with Crippen LogP contribution in [0, 0.1) is 11.8 Å². The molecule has 1 aliphatic rings. The van der Waals surface area contributed by atoms with Crippen molar-refractivity contribution in [3.8, 4) is 0 Å². The number of hydrogen-bond acceptors (Lipinski definition) is 4. The monoisotopic (exact) mass is 277 g/mol. The zero-order valence-electron chi connectivity index (χ0n) is 11.1. The Morgan fingerprint density at radius 2 is 1.89 bits per heavy atom. The Hall–Kier alpha value is -0.810. The zero-order valence-corrected chi connectivity index (χ0v) is 11.9. The molecule has 1 saturated heterocycles. The van der Waals surface area contributed by atoms with Gasteiger partial charge in [0.15, 0.2) is 5.56 Å². The molecule has 1 fully saturated rings. The van der Waals surface area contributed by atoms with Gasteiger partial charge in [0, 0.05) is 13.8 Å². The summed E-state index contributed by atoms with van der Waals surface area (Å²) in [5.74, 6) is -0.192. The van der Waals surface area contributed by atoms with E-state index < -0.39 is 5.56 Å². The lowest BCUT2D eigenvalue weighted by Crippen LogP contribution is -2.55. The van der Waals surface area contributed by atoms with E-state index in [0.29, 0.717) is 0 Å². The fourth-order valence-corrected chi connectivity index (χ4v) is 2.53. The molecule has 5 nitrogen and oxygen atoms in total. The van der Waals surface area contributed by atoms with Crippen LogP contribution in [0.4, 0.5) is 0 Å². The van der Waals surface area contributed by atoms with Gasteiger partial charge < -0.3 is 14.8 Å². The predicted molar refractivity (Wildman–Crippen MR) is 67.1 cm³/mol. The van der Waals surface area contributed by atoms with Gasteiger partial charge in [-0.15, -0.1) is 0 Å². The van der Waals surface area contributed by atoms with Crippen LogP contribution in [0.25, 0.3) is 0 Å². The van der Waals surface area contributed by atoms with Crippen molar-refractivity contribution in [2.24, 2.45) is 11.8 Å². The first kappa shape index (κ1) is 15.2. The number of alkyl halides is 1. The topological polar surface area (TPSA) is 64.6 Å². The highest BCUT2D eigenvalue weighted by Gasteiger charge is 2.41. The molecule has 0 radical (unpaired) electrons. The van der Waals surface area contributed by atoms with E-state index >= 15 is 0 Å². The van der Waals surface area contributed by atoms with Gasteiger partial charge in [-0.2, -0.15) is 0 Å². The summed E-state index contributed by atoms with van der Waals surface area (Å²) in [5.41, 5.74) is -0.611. The second-order valence-corrected chi connectivity index (χ2v) is 5.20. The van der Waals surface area contributed by atoms with Crippen LogP contribution in [0.15, 0.2) is 0 Å². The maximum absolute atomic E-state index is 11.1. The fraction of sp³-hybridized carbons (Fsp3) is 0.833. The Kier molecular flexibility index (Phi) is 5.41. The third-order valence-corrected chi connectivity index (χ3v) is 3.76. The Morgan fingerprint density at radius 3 is 2.39 bits per heavy atom. The molecule has 0 saturated carbocycles. The zero-order chi connectivity index (χ0) is 13.9. The first-order chi connectivity index (χ1) is 8.32. The molecule has 0 aromatic carbocycles. The maximum atomic E-state index is 11.1. The molecule has 5 atom stereocenters. The summed E-state index contributed by atoms with van der Waals surface area (Å²) >= 11 is 6.12. The summed E-state index contributed by atoms with van der Waals surface area (Å²) in [6.07, 6.45) is -0.239. The van der Waals surface area contributed by atoms with Crippen LogP contribution in [0.1, 0.15) is 27.7 Å². The highest BCUT2D eigenvalue weighted by molar-refractivity contribution is 6.20. The molecule has 0 bridgehead atoms. The lowest BCUT2D eigenvalue weighted by atomic mass is 9.83. The lowest BCUT2D eigenvalue weighted by Gasteiger charge is -2.42. The number of carbonyl (C=O) groups excluding carboxylic acids is 2. The van der Waals surface area contributed by atoms with E-state index in [0.717, 1.165) is 0 Å². The fourth-order valence-electron chi connectivity index (χ4n) is 2.10. The Morgan fingerprint density at radius 1 is 1.28 bits per heavy atom. The van der Waals surface area contributed by atoms with Crippen molar-refractivity contribution in [1.29, 1.82) is 0 Å². The predicted octanol–water partition coefficient (Wildman–Crippen LogP) is 1.29. The normalized spacial score (nSPS) is 35.9. The largest absolute Gasteiger partial charge is 0.463 e. The lowest BCUT2D eigenvalue weighted by molar-refractivity contribution is -0.155. The van der Waals surface area contributed by atoms with E-state index in [1.54, 1.807) is 0 Å². The van der Waals surface area contributed by atoms with Crippen molar-refractivity contribution in [1.82, 2.24) is 5.32 Å². The van der Waals surface area contributed by atoms with Crippen LogP contribution < -0.4 is 5.32 Å². The molecule has 1 amide bonds. The van der Waals surface area contributed by atoms with Crippen molar-refractivity contribution in [2.75, 3.05) is 6.61 Å². The molecule has 5 unspecified atom stereocenters.